The minimum absolute atomic E-state index is 0.111. The Bertz CT molecular complexity index is 348. The van der Waals surface area contributed by atoms with Gasteiger partial charge in [0.1, 0.15) is 0 Å². The highest BCUT2D eigenvalue weighted by Crippen LogP contribution is 2.36. The lowest BCUT2D eigenvalue weighted by atomic mass is 10.0. The summed E-state index contributed by atoms with van der Waals surface area (Å²) in [7, 11) is 1.69. The zero-order chi connectivity index (χ0) is 12.3. The van der Waals surface area contributed by atoms with Crippen molar-refractivity contribution in [2.75, 3.05) is 7.05 Å². The highest BCUT2D eigenvalue weighted by molar-refractivity contribution is 5.28. The Morgan fingerprint density at radius 2 is 1.75 bits per heavy atom. The van der Waals surface area contributed by atoms with Gasteiger partial charge >= 0.3 is 6.18 Å². The molecule has 0 aromatic heterocycles. The molecule has 0 saturated carbocycles. The van der Waals surface area contributed by atoms with E-state index in [-0.39, 0.29) is 11.6 Å². The molecule has 90 valence electrons. The van der Waals surface area contributed by atoms with Crippen LogP contribution in [0.3, 0.4) is 0 Å². The summed E-state index contributed by atoms with van der Waals surface area (Å²) in [6, 6.07) is 5.36. The number of hydrogen-bond acceptors (Lipinski definition) is 1. The molecule has 1 aromatic carbocycles. The summed E-state index contributed by atoms with van der Waals surface area (Å²) in [4.78, 5) is 0. The number of hydrogen-bond donors (Lipinski definition) is 1. The average molecular weight is 235 g/mol. The van der Waals surface area contributed by atoms with Crippen LogP contribution in [0.2, 0.25) is 0 Å². The largest absolute Gasteiger partial charge is 0.423 e. The summed E-state index contributed by atoms with van der Waals surface area (Å²) in [5.74, 6) is 0. The van der Waals surface area contributed by atoms with Crippen LogP contribution in [-0.4, -0.2) is 13.2 Å². The fraction of sp³-hybridized carbons (Fsp3) is 0.455. The number of alkyl halides is 4. The van der Waals surface area contributed by atoms with E-state index in [2.05, 4.69) is 5.32 Å². The smallest absolute Gasteiger partial charge is 0.313 e. The third-order valence-corrected chi connectivity index (χ3v) is 2.42. The molecule has 0 aliphatic carbocycles. The van der Waals surface area contributed by atoms with Gasteiger partial charge in [0.05, 0.1) is 0 Å². The van der Waals surface area contributed by atoms with E-state index in [9.17, 15) is 17.6 Å². The van der Waals surface area contributed by atoms with E-state index in [4.69, 9.17) is 0 Å². The average Bonchev–Trinajstić information content (AvgIpc) is 2.26. The van der Waals surface area contributed by atoms with E-state index in [1.165, 1.54) is 12.1 Å². The summed E-state index contributed by atoms with van der Waals surface area (Å²) in [5.41, 5.74) is 0.277. The van der Waals surface area contributed by atoms with Crippen LogP contribution in [0.15, 0.2) is 24.3 Å². The van der Waals surface area contributed by atoms with Gasteiger partial charge in [-0.15, -0.1) is 0 Å². The van der Waals surface area contributed by atoms with Gasteiger partial charge in [-0.2, -0.15) is 13.2 Å². The van der Waals surface area contributed by atoms with Crippen LogP contribution in [0.1, 0.15) is 30.3 Å². The molecule has 2 atom stereocenters. The standard InChI is InChI=1S/C11H13F4N/c1-7(16-2)8-4-3-5-9(6-8)10(12)11(13,14)15/h3-7,10,16H,1-2H3. The number of halogens is 4. The van der Waals surface area contributed by atoms with E-state index in [1.54, 1.807) is 20.0 Å². The normalized spacial score (nSPS) is 15.9. The molecular formula is C11H13F4N. The number of rotatable bonds is 3. The Morgan fingerprint density at radius 3 is 2.25 bits per heavy atom. The quantitative estimate of drug-likeness (QED) is 0.790. The van der Waals surface area contributed by atoms with E-state index in [1.807, 2.05) is 0 Å². The van der Waals surface area contributed by atoms with Crippen LogP contribution in [0, 0.1) is 0 Å². The van der Waals surface area contributed by atoms with Crippen molar-refractivity contribution >= 4 is 0 Å². The van der Waals surface area contributed by atoms with Crippen molar-refractivity contribution in [2.24, 2.45) is 0 Å². The van der Waals surface area contributed by atoms with Gasteiger partial charge in [-0.1, -0.05) is 24.3 Å². The lowest BCUT2D eigenvalue weighted by Gasteiger charge is -2.16. The molecule has 1 nitrogen and oxygen atoms in total. The third kappa shape index (κ3) is 2.95. The summed E-state index contributed by atoms with van der Waals surface area (Å²) in [6.45, 7) is 1.79. The maximum absolute atomic E-state index is 13.0. The SMILES string of the molecule is CNC(C)c1cccc(C(F)C(F)(F)F)c1. The molecule has 1 N–H and O–H groups in total. The van der Waals surface area contributed by atoms with Crippen molar-refractivity contribution in [3.63, 3.8) is 0 Å². The second kappa shape index (κ2) is 4.82. The molecular weight excluding hydrogens is 222 g/mol. The van der Waals surface area contributed by atoms with E-state index < -0.39 is 12.3 Å². The van der Waals surface area contributed by atoms with Crippen molar-refractivity contribution in [3.8, 4) is 0 Å². The highest BCUT2D eigenvalue weighted by Gasteiger charge is 2.41. The maximum atomic E-state index is 13.0. The van der Waals surface area contributed by atoms with Crippen LogP contribution in [0.25, 0.3) is 0 Å². The zero-order valence-electron chi connectivity index (χ0n) is 8.98. The van der Waals surface area contributed by atoms with Gasteiger partial charge in [-0.05, 0) is 25.1 Å². The second-order valence-corrected chi connectivity index (χ2v) is 3.58. The lowest BCUT2D eigenvalue weighted by molar-refractivity contribution is -0.182. The Labute approximate surface area is 91.5 Å². The molecule has 0 amide bonds. The first-order valence-electron chi connectivity index (χ1n) is 4.84. The molecule has 0 aliphatic heterocycles. The molecule has 1 rings (SSSR count). The topological polar surface area (TPSA) is 12.0 Å². The van der Waals surface area contributed by atoms with Gasteiger partial charge < -0.3 is 5.32 Å². The van der Waals surface area contributed by atoms with Gasteiger partial charge in [0, 0.05) is 6.04 Å². The first kappa shape index (κ1) is 13.0. The molecule has 0 aliphatic rings. The predicted octanol–water partition coefficient (Wildman–Crippen LogP) is 3.54. The molecule has 2 unspecified atom stereocenters. The van der Waals surface area contributed by atoms with Crippen molar-refractivity contribution in [3.05, 3.63) is 35.4 Å². The van der Waals surface area contributed by atoms with E-state index >= 15 is 0 Å². The fourth-order valence-corrected chi connectivity index (χ4v) is 1.34. The van der Waals surface area contributed by atoms with Gasteiger partial charge in [0.25, 0.3) is 0 Å². The zero-order valence-corrected chi connectivity index (χ0v) is 8.98. The second-order valence-electron chi connectivity index (χ2n) is 3.58. The Hall–Kier alpha value is -1.10. The number of nitrogens with one attached hydrogen (secondary N) is 1. The first-order chi connectivity index (χ1) is 7.36. The van der Waals surface area contributed by atoms with Gasteiger partial charge in [0.2, 0.25) is 6.17 Å². The van der Waals surface area contributed by atoms with Gasteiger partial charge in [0.15, 0.2) is 0 Å². The Kier molecular flexibility index (Phi) is 3.91. The molecule has 0 radical (unpaired) electrons. The Balaban J connectivity index is 2.99. The van der Waals surface area contributed by atoms with Crippen LogP contribution in [0.5, 0.6) is 0 Å². The van der Waals surface area contributed by atoms with Gasteiger partial charge in [-0.3, -0.25) is 0 Å². The molecule has 0 spiro atoms. The van der Waals surface area contributed by atoms with Crippen molar-refractivity contribution in [1.82, 2.24) is 5.32 Å². The molecule has 0 bridgehead atoms. The number of benzene rings is 1. The van der Waals surface area contributed by atoms with Crippen LogP contribution in [0.4, 0.5) is 17.6 Å². The van der Waals surface area contributed by atoms with Crippen LogP contribution < -0.4 is 5.32 Å². The molecule has 1 aromatic rings. The summed E-state index contributed by atoms with van der Waals surface area (Å²) in [5, 5.41) is 2.88. The first-order valence-corrected chi connectivity index (χ1v) is 4.84. The lowest BCUT2D eigenvalue weighted by Crippen LogP contribution is -2.17. The molecule has 5 heteroatoms. The van der Waals surface area contributed by atoms with Crippen molar-refractivity contribution in [2.45, 2.75) is 25.3 Å². The van der Waals surface area contributed by atoms with E-state index in [0.29, 0.717) is 5.56 Å². The Morgan fingerprint density at radius 1 is 1.19 bits per heavy atom. The third-order valence-electron chi connectivity index (χ3n) is 2.42. The minimum atomic E-state index is -4.85. The van der Waals surface area contributed by atoms with Gasteiger partial charge in [-0.25, -0.2) is 4.39 Å². The molecule has 16 heavy (non-hydrogen) atoms. The minimum Gasteiger partial charge on any atom is -0.313 e. The summed E-state index contributed by atoms with van der Waals surface area (Å²) >= 11 is 0. The molecule has 0 fully saturated rings. The van der Waals surface area contributed by atoms with Crippen LogP contribution >= 0.6 is 0 Å². The highest BCUT2D eigenvalue weighted by atomic mass is 19.4. The molecule has 0 saturated heterocycles. The monoisotopic (exact) mass is 235 g/mol. The fourth-order valence-electron chi connectivity index (χ4n) is 1.34. The van der Waals surface area contributed by atoms with E-state index in [0.717, 1.165) is 6.07 Å². The summed E-state index contributed by atoms with van der Waals surface area (Å²) in [6.07, 6.45) is -7.77. The van der Waals surface area contributed by atoms with Crippen LogP contribution in [-0.2, 0) is 0 Å². The molecule has 0 heterocycles. The summed E-state index contributed by atoms with van der Waals surface area (Å²) < 4.78 is 49.5. The van der Waals surface area contributed by atoms with Crippen molar-refractivity contribution < 1.29 is 17.6 Å². The predicted molar refractivity (Wildman–Crippen MR) is 53.8 cm³/mol. The maximum Gasteiger partial charge on any atom is 0.423 e. The van der Waals surface area contributed by atoms with Crippen molar-refractivity contribution in [1.29, 1.82) is 0 Å².